The number of aromatic nitrogens is 4. The molecule has 0 N–H and O–H groups in total. The van der Waals surface area contributed by atoms with Crippen LogP contribution >= 0.6 is 0 Å². The van der Waals surface area contributed by atoms with Gasteiger partial charge in [-0.1, -0.05) is 158 Å². The molecule has 12 aromatic carbocycles. The molecule has 4 heteroatoms. The molecule has 14 aromatic rings. The summed E-state index contributed by atoms with van der Waals surface area (Å²) in [7, 11) is 6.35. The van der Waals surface area contributed by atoms with Crippen LogP contribution in [0.3, 0.4) is 0 Å². The van der Waals surface area contributed by atoms with Crippen LogP contribution in [0, 0.1) is 6.92 Å². The maximum atomic E-state index is 4.88. The Labute approximate surface area is 405 Å². The predicted octanol–water partition coefficient (Wildman–Crippen LogP) is 16.5. The van der Waals surface area contributed by atoms with Crippen molar-refractivity contribution in [1.82, 2.24) is 14.2 Å². The number of fused-ring (bicyclic) bond motifs is 8. The summed E-state index contributed by atoms with van der Waals surface area (Å²) in [6.07, 6.45) is 2.20. The van der Waals surface area contributed by atoms with Crippen molar-refractivity contribution in [2.24, 2.45) is 21.1 Å². The first-order valence-corrected chi connectivity index (χ1v) is 24.2. The first kappa shape index (κ1) is 40.2. The Kier molecular flexibility index (Phi) is 8.81. The van der Waals surface area contributed by atoms with Gasteiger partial charge in [-0.2, -0.15) is 4.68 Å². The summed E-state index contributed by atoms with van der Waals surface area (Å²) in [5.74, 6) is 1.00. The molecule has 0 aliphatic rings. The molecule has 2 aromatic heterocycles. The molecule has 0 saturated heterocycles. The lowest BCUT2D eigenvalue weighted by molar-refractivity contribution is -0.748. The van der Waals surface area contributed by atoms with Crippen molar-refractivity contribution in [3.8, 4) is 55.6 Å². The van der Waals surface area contributed by atoms with Crippen molar-refractivity contribution in [3.63, 3.8) is 0 Å². The molecule has 0 unspecified atom stereocenters. The molecule has 2 heterocycles. The van der Waals surface area contributed by atoms with Crippen molar-refractivity contribution in [3.05, 3.63) is 218 Å². The maximum absolute atomic E-state index is 4.88. The van der Waals surface area contributed by atoms with E-state index in [1.54, 1.807) is 0 Å². The molecule has 70 heavy (non-hydrogen) atoms. The Morgan fingerprint density at radius 2 is 0.757 bits per heavy atom. The lowest BCUT2D eigenvalue weighted by atomic mass is 9.81. The molecule has 0 spiro atoms. The standard InChI is InChI=1S/C66H47N4/c1-40-67-62-32-31-48(36-64(62)69(40)3)53-20-12-24-57-61(53)38-60-52(47-29-30-49-39-68(2)70(4)63(49)35-47)19-11-23-56(60)66(57)65-54-21-9-17-50(45-27-25-41-13-5-7-15-43(41)33-45)58(54)37-59-51(18-10-22-55(59)65)46-28-26-42-14-6-8-16-44(42)34-46/h5-39H,1-4H3/q+1. The minimum Gasteiger partial charge on any atom is -0.331 e. The van der Waals surface area contributed by atoms with Crippen LogP contribution in [0.4, 0.5) is 0 Å². The zero-order valence-corrected chi connectivity index (χ0v) is 39.5. The van der Waals surface area contributed by atoms with E-state index in [1.807, 2.05) is 0 Å². The lowest BCUT2D eigenvalue weighted by Crippen LogP contribution is -2.35. The number of imidazole rings is 1. The van der Waals surface area contributed by atoms with E-state index in [4.69, 9.17) is 4.98 Å². The quantitative estimate of drug-likeness (QED) is 0.125. The minimum atomic E-state index is 1.00. The van der Waals surface area contributed by atoms with Gasteiger partial charge in [-0.25, -0.2) is 4.98 Å². The Bertz CT molecular complexity index is 4250. The van der Waals surface area contributed by atoms with Crippen LogP contribution in [0.25, 0.3) is 142 Å². The highest BCUT2D eigenvalue weighted by molar-refractivity contribution is 6.28. The monoisotopic (exact) mass is 895 g/mol. The SMILES string of the molecule is Cc1nc2ccc(-c3cccc4c(-c5c6cccc(-c7ccc8ccccc8c7)c6cc6c(-c7ccc8ccccc8c7)cccc56)c5cccc(-c6ccc7c[n+](C)n(C)c7c6)c5cc34)cc2n1C. The van der Waals surface area contributed by atoms with E-state index in [9.17, 15) is 0 Å². The molecule has 0 saturated carbocycles. The second-order valence-corrected chi connectivity index (χ2v) is 19.2. The van der Waals surface area contributed by atoms with E-state index in [-0.39, 0.29) is 0 Å². The second kappa shape index (κ2) is 15.3. The van der Waals surface area contributed by atoms with Crippen LogP contribution in [0.1, 0.15) is 5.82 Å². The van der Waals surface area contributed by atoms with Crippen LogP contribution in [0.2, 0.25) is 0 Å². The summed E-state index contributed by atoms with van der Waals surface area (Å²) in [5, 5.41) is 15.9. The molecule has 0 bridgehead atoms. The van der Waals surface area contributed by atoms with Crippen molar-refractivity contribution in [1.29, 1.82) is 0 Å². The Hall–Kier alpha value is -8.86. The van der Waals surface area contributed by atoms with Gasteiger partial charge in [-0.15, -0.1) is 4.68 Å². The summed E-state index contributed by atoms with van der Waals surface area (Å²) in [5.41, 5.74) is 15.4. The molecule has 0 amide bonds. The van der Waals surface area contributed by atoms with Crippen LogP contribution in [-0.4, -0.2) is 14.2 Å². The van der Waals surface area contributed by atoms with Gasteiger partial charge in [0.25, 0.3) is 0 Å². The average Bonchev–Trinajstić information content (AvgIpc) is 3.86. The predicted molar refractivity (Wildman–Crippen MR) is 295 cm³/mol. The molecule has 0 radical (unpaired) electrons. The zero-order chi connectivity index (χ0) is 46.8. The Morgan fingerprint density at radius 3 is 1.23 bits per heavy atom. The first-order valence-electron chi connectivity index (χ1n) is 24.2. The van der Waals surface area contributed by atoms with E-state index < -0.39 is 0 Å². The minimum absolute atomic E-state index is 1.00. The zero-order valence-electron chi connectivity index (χ0n) is 39.5. The van der Waals surface area contributed by atoms with Gasteiger partial charge in [0.2, 0.25) is 6.20 Å². The highest BCUT2D eigenvalue weighted by Gasteiger charge is 2.23. The van der Waals surface area contributed by atoms with E-state index in [2.05, 4.69) is 254 Å². The molecule has 14 rings (SSSR count). The second-order valence-electron chi connectivity index (χ2n) is 19.2. The maximum Gasteiger partial charge on any atom is 0.203 e. The third-order valence-corrected chi connectivity index (χ3v) is 15.4. The fourth-order valence-electron chi connectivity index (χ4n) is 11.6. The molecule has 0 fully saturated rings. The molecular weight excluding hydrogens is 849 g/mol. The van der Waals surface area contributed by atoms with Crippen molar-refractivity contribution in [2.45, 2.75) is 6.92 Å². The van der Waals surface area contributed by atoms with E-state index in [0.29, 0.717) is 0 Å². The topological polar surface area (TPSA) is 26.6 Å². The lowest BCUT2D eigenvalue weighted by Gasteiger charge is -2.22. The molecule has 0 aliphatic carbocycles. The number of benzene rings is 12. The normalized spacial score (nSPS) is 12.0. The average molecular weight is 896 g/mol. The fraction of sp³-hybridized carbons (Fsp3) is 0.0606. The van der Waals surface area contributed by atoms with E-state index in [1.165, 1.54) is 131 Å². The van der Waals surface area contributed by atoms with Crippen molar-refractivity contribution < 1.29 is 4.68 Å². The number of nitrogens with zero attached hydrogens (tertiary/aromatic N) is 4. The van der Waals surface area contributed by atoms with Crippen LogP contribution in [0.5, 0.6) is 0 Å². The van der Waals surface area contributed by atoms with Crippen molar-refractivity contribution >= 4 is 86.6 Å². The summed E-state index contributed by atoms with van der Waals surface area (Å²) < 4.78 is 6.58. The summed E-state index contributed by atoms with van der Waals surface area (Å²) in [6, 6.07) is 77.6. The van der Waals surface area contributed by atoms with Gasteiger partial charge in [0.1, 0.15) is 11.3 Å². The largest absolute Gasteiger partial charge is 0.331 e. The highest BCUT2D eigenvalue weighted by Crippen LogP contribution is 2.50. The number of rotatable bonds is 5. The van der Waals surface area contributed by atoms with E-state index in [0.717, 1.165) is 16.9 Å². The van der Waals surface area contributed by atoms with Gasteiger partial charge in [0, 0.05) is 7.05 Å². The van der Waals surface area contributed by atoms with Crippen LogP contribution < -0.4 is 4.68 Å². The third-order valence-electron chi connectivity index (χ3n) is 15.4. The molecular formula is C66H47N4+. The number of aryl methyl sites for hydroxylation is 4. The smallest absolute Gasteiger partial charge is 0.203 e. The first-order chi connectivity index (χ1) is 34.3. The van der Waals surface area contributed by atoms with E-state index >= 15 is 0 Å². The molecule has 4 nitrogen and oxygen atoms in total. The van der Waals surface area contributed by atoms with Gasteiger partial charge < -0.3 is 4.57 Å². The Balaban J connectivity index is 1.15. The van der Waals surface area contributed by atoms with Crippen LogP contribution in [0.15, 0.2) is 212 Å². The van der Waals surface area contributed by atoms with Crippen LogP contribution in [-0.2, 0) is 21.1 Å². The third kappa shape index (κ3) is 6.09. The number of hydrogen-bond donors (Lipinski definition) is 0. The molecule has 0 aliphatic heterocycles. The van der Waals surface area contributed by atoms with Gasteiger partial charge in [0.15, 0.2) is 7.05 Å². The fourth-order valence-corrected chi connectivity index (χ4v) is 11.6. The Morgan fingerprint density at radius 1 is 0.357 bits per heavy atom. The summed E-state index contributed by atoms with van der Waals surface area (Å²) in [6.45, 7) is 2.08. The highest BCUT2D eigenvalue weighted by atomic mass is 15.4. The van der Waals surface area contributed by atoms with Gasteiger partial charge in [0.05, 0.1) is 23.5 Å². The summed E-state index contributed by atoms with van der Waals surface area (Å²) in [4.78, 5) is 4.88. The van der Waals surface area contributed by atoms with Crippen molar-refractivity contribution in [2.75, 3.05) is 0 Å². The number of hydrogen-bond acceptors (Lipinski definition) is 1. The van der Waals surface area contributed by atoms with Gasteiger partial charge >= 0.3 is 0 Å². The van der Waals surface area contributed by atoms with Gasteiger partial charge in [-0.3, -0.25) is 0 Å². The van der Waals surface area contributed by atoms with Gasteiger partial charge in [-0.05, 0) is 176 Å². The summed E-state index contributed by atoms with van der Waals surface area (Å²) >= 11 is 0. The molecule has 330 valence electrons. The molecule has 0 atom stereocenters.